The number of benzene rings is 3. The van der Waals surface area contributed by atoms with Crippen LogP contribution in [0.3, 0.4) is 0 Å². The molecule has 1 N–H and O–H groups in total. The number of rotatable bonds is 10. The molecule has 190 valence electrons. The molecule has 1 aliphatic carbocycles. The van der Waals surface area contributed by atoms with Crippen molar-refractivity contribution in [2.45, 2.75) is 57.2 Å². The van der Waals surface area contributed by atoms with Crippen LogP contribution in [0.2, 0.25) is 0 Å². The molecule has 0 saturated heterocycles. The van der Waals surface area contributed by atoms with Gasteiger partial charge in [0.1, 0.15) is 23.9 Å². The molecule has 6 heteroatoms. The lowest BCUT2D eigenvalue weighted by atomic mass is 9.82. The van der Waals surface area contributed by atoms with E-state index in [-0.39, 0.29) is 24.2 Å². The van der Waals surface area contributed by atoms with E-state index < -0.39 is 17.5 Å². The summed E-state index contributed by atoms with van der Waals surface area (Å²) in [6.07, 6.45) is 5.62. The van der Waals surface area contributed by atoms with Crippen molar-refractivity contribution in [1.29, 1.82) is 0 Å². The minimum absolute atomic E-state index is 0.0235. The first-order valence-corrected chi connectivity index (χ1v) is 12.4. The fourth-order valence-electron chi connectivity index (χ4n) is 4.53. The summed E-state index contributed by atoms with van der Waals surface area (Å²) in [5.41, 5.74) is 1.46. The first-order chi connectivity index (χ1) is 17.5. The monoisotopic (exact) mass is 496 g/mol. The zero-order valence-corrected chi connectivity index (χ0v) is 20.2. The third kappa shape index (κ3) is 6.30. The number of halogens is 3. The summed E-state index contributed by atoms with van der Waals surface area (Å²) >= 11 is 0. The number of hydrogen-bond donors (Lipinski definition) is 1. The van der Waals surface area contributed by atoms with Gasteiger partial charge < -0.3 is 14.6 Å². The first-order valence-electron chi connectivity index (χ1n) is 12.4. The zero-order chi connectivity index (χ0) is 25.5. The summed E-state index contributed by atoms with van der Waals surface area (Å²) in [6.45, 7) is 4.17. The molecule has 0 atom stereocenters. The summed E-state index contributed by atoms with van der Waals surface area (Å²) in [5.74, 6) is -1.24. The Bertz CT molecular complexity index is 1170. The van der Waals surface area contributed by atoms with Crippen LogP contribution in [0, 0.1) is 17.5 Å². The van der Waals surface area contributed by atoms with Crippen LogP contribution in [0.25, 0.3) is 11.1 Å². The molecule has 0 spiro atoms. The van der Waals surface area contributed by atoms with Crippen molar-refractivity contribution in [3.05, 3.63) is 95.8 Å². The average molecular weight is 497 g/mol. The van der Waals surface area contributed by atoms with Gasteiger partial charge >= 0.3 is 0 Å². The third-order valence-corrected chi connectivity index (χ3v) is 6.65. The number of ether oxygens (including phenoxy) is 2. The van der Waals surface area contributed by atoms with Gasteiger partial charge in [-0.05, 0) is 79.8 Å². The Kier molecular flexibility index (Phi) is 8.70. The minimum atomic E-state index is -0.874. The standard InChI is InChI=1S/C30H31F3O3/c1-2-3-4-17-35-25-14-9-22(28(31)18-25)19-36-24-12-7-21(8-13-24)27-16-15-26(29(32)30(27)33)20-5-10-23(34)11-6-20/h2,7-9,12-16,18,20,23,34H,1,3-6,10-11,17,19H2. The first kappa shape index (κ1) is 25.8. The van der Waals surface area contributed by atoms with Crippen molar-refractivity contribution >= 4 is 0 Å². The van der Waals surface area contributed by atoms with Crippen molar-refractivity contribution in [2.75, 3.05) is 6.61 Å². The third-order valence-electron chi connectivity index (χ3n) is 6.65. The van der Waals surface area contributed by atoms with Crippen molar-refractivity contribution < 1.29 is 27.8 Å². The molecule has 0 aliphatic heterocycles. The van der Waals surface area contributed by atoms with Crippen molar-refractivity contribution in [1.82, 2.24) is 0 Å². The molecule has 4 rings (SSSR count). The molecule has 3 aromatic carbocycles. The van der Waals surface area contributed by atoms with Crippen LogP contribution < -0.4 is 9.47 Å². The lowest BCUT2D eigenvalue weighted by Gasteiger charge is -2.26. The molecule has 1 aliphatic rings. The van der Waals surface area contributed by atoms with E-state index in [0.29, 0.717) is 60.5 Å². The molecule has 3 nitrogen and oxygen atoms in total. The van der Waals surface area contributed by atoms with Gasteiger partial charge in [0.15, 0.2) is 11.6 Å². The van der Waals surface area contributed by atoms with Gasteiger partial charge in [0.2, 0.25) is 0 Å². The summed E-state index contributed by atoms with van der Waals surface area (Å²) in [7, 11) is 0. The normalized spacial score (nSPS) is 17.6. The SMILES string of the molecule is C=CCCCOc1ccc(COc2ccc(-c3ccc(C4CCC(O)CC4)c(F)c3F)cc2)c(F)c1. The lowest BCUT2D eigenvalue weighted by Crippen LogP contribution is -2.18. The van der Waals surface area contributed by atoms with E-state index in [2.05, 4.69) is 6.58 Å². The second-order valence-corrected chi connectivity index (χ2v) is 9.18. The zero-order valence-electron chi connectivity index (χ0n) is 20.2. The van der Waals surface area contributed by atoms with Gasteiger partial charge in [0, 0.05) is 17.2 Å². The van der Waals surface area contributed by atoms with E-state index in [9.17, 15) is 18.3 Å². The fraction of sp³-hybridized carbons (Fsp3) is 0.333. The van der Waals surface area contributed by atoms with Crippen molar-refractivity contribution in [2.24, 2.45) is 0 Å². The molecule has 0 bridgehead atoms. The quantitative estimate of drug-likeness (QED) is 0.231. The second-order valence-electron chi connectivity index (χ2n) is 9.18. The minimum Gasteiger partial charge on any atom is -0.493 e. The maximum atomic E-state index is 14.9. The van der Waals surface area contributed by atoms with Crippen LogP contribution in [-0.2, 0) is 6.61 Å². The van der Waals surface area contributed by atoms with E-state index in [4.69, 9.17) is 9.47 Å². The lowest BCUT2D eigenvalue weighted by molar-refractivity contribution is 0.122. The van der Waals surface area contributed by atoms with Crippen LogP contribution in [0.15, 0.2) is 67.3 Å². The molecule has 1 saturated carbocycles. The maximum absolute atomic E-state index is 14.9. The fourth-order valence-corrected chi connectivity index (χ4v) is 4.53. The molecule has 0 unspecified atom stereocenters. The highest BCUT2D eigenvalue weighted by Gasteiger charge is 2.25. The Morgan fingerprint density at radius 1 is 0.861 bits per heavy atom. The Balaban J connectivity index is 1.37. The van der Waals surface area contributed by atoms with E-state index in [1.165, 1.54) is 6.07 Å². The average Bonchev–Trinajstić information content (AvgIpc) is 2.89. The van der Waals surface area contributed by atoms with Gasteiger partial charge in [-0.1, -0.05) is 30.3 Å². The second kappa shape index (κ2) is 12.1. The molecular weight excluding hydrogens is 465 g/mol. The summed E-state index contributed by atoms with van der Waals surface area (Å²) < 4.78 is 55.5. The molecule has 1 fully saturated rings. The van der Waals surface area contributed by atoms with Gasteiger partial charge in [0.25, 0.3) is 0 Å². The van der Waals surface area contributed by atoms with Gasteiger partial charge in [-0.3, -0.25) is 0 Å². The molecule has 0 amide bonds. The molecule has 0 aromatic heterocycles. The number of aliphatic hydroxyl groups is 1. The predicted molar refractivity (Wildman–Crippen MR) is 135 cm³/mol. The van der Waals surface area contributed by atoms with Gasteiger partial charge in [-0.15, -0.1) is 6.58 Å². The van der Waals surface area contributed by atoms with Crippen molar-refractivity contribution in [3.8, 4) is 22.6 Å². The Morgan fingerprint density at radius 2 is 1.58 bits per heavy atom. The van der Waals surface area contributed by atoms with Gasteiger partial charge in [0.05, 0.1) is 12.7 Å². The highest BCUT2D eigenvalue weighted by atomic mass is 19.2. The van der Waals surface area contributed by atoms with Gasteiger partial charge in [-0.2, -0.15) is 0 Å². The van der Waals surface area contributed by atoms with Gasteiger partial charge in [-0.25, -0.2) is 13.2 Å². The van der Waals surface area contributed by atoms with E-state index in [1.54, 1.807) is 48.5 Å². The topological polar surface area (TPSA) is 38.7 Å². The largest absolute Gasteiger partial charge is 0.493 e. The van der Waals surface area contributed by atoms with Crippen LogP contribution in [0.4, 0.5) is 13.2 Å². The number of allylic oxidation sites excluding steroid dienone is 1. The van der Waals surface area contributed by atoms with Crippen LogP contribution in [-0.4, -0.2) is 17.8 Å². The summed E-state index contributed by atoms with van der Waals surface area (Å²) in [5, 5.41) is 9.68. The summed E-state index contributed by atoms with van der Waals surface area (Å²) in [4.78, 5) is 0. The number of aliphatic hydroxyl groups excluding tert-OH is 1. The number of hydrogen-bond acceptors (Lipinski definition) is 3. The number of unbranched alkanes of at least 4 members (excludes halogenated alkanes) is 1. The highest BCUT2D eigenvalue weighted by molar-refractivity contribution is 5.65. The molecule has 3 aromatic rings. The van der Waals surface area contributed by atoms with Crippen LogP contribution in [0.5, 0.6) is 11.5 Å². The maximum Gasteiger partial charge on any atom is 0.166 e. The van der Waals surface area contributed by atoms with Crippen molar-refractivity contribution in [3.63, 3.8) is 0 Å². The summed E-state index contributed by atoms with van der Waals surface area (Å²) in [6, 6.07) is 14.5. The Hall–Kier alpha value is -3.25. The predicted octanol–water partition coefficient (Wildman–Crippen LogP) is 7.71. The Morgan fingerprint density at radius 3 is 2.28 bits per heavy atom. The van der Waals surface area contributed by atoms with E-state index in [1.807, 2.05) is 6.08 Å². The van der Waals surface area contributed by atoms with E-state index >= 15 is 0 Å². The highest BCUT2D eigenvalue weighted by Crippen LogP contribution is 2.37. The molecule has 36 heavy (non-hydrogen) atoms. The Labute approximate surface area is 210 Å². The van der Waals surface area contributed by atoms with Crippen LogP contribution >= 0.6 is 0 Å². The van der Waals surface area contributed by atoms with E-state index in [0.717, 1.165) is 12.8 Å². The molecule has 0 radical (unpaired) electrons. The smallest absolute Gasteiger partial charge is 0.166 e. The molecular formula is C30H31F3O3. The molecule has 0 heterocycles. The van der Waals surface area contributed by atoms with Crippen LogP contribution in [0.1, 0.15) is 55.6 Å².